The third kappa shape index (κ3) is 3.62. The van der Waals surface area contributed by atoms with Crippen LogP contribution in [0.25, 0.3) is 21.0 Å². The molecule has 0 atom stereocenters. The molecule has 4 rings (SSSR count). The van der Waals surface area contributed by atoms with Crippen LogP contribution in [0.4, 0.5) is 10.8 Å². The highest BCUT2D eigenvalue weighted by molar-refractivity contribution is 7.18. The van der Waals surface area contributed by atoms with Gasteiger partial charge in [-0.3, -0.25) is 0 Å². The molecule has 0 radical (unpaired) electrons. The van der Waals surface area contributed by atoms with Crippen molar-refractivity contribution in [1.82, 2.24) is 10.2 Å². The van der Waals surface area contributed by atoms with Crippen molar-refractivity contribution in [2.24, 2.45) is 0 Å². The van der Waals surface area contributed by atoms with E-state index < -0.39 is 0 Å². The highest BCUT2D eigenvalue weighted by Gasteiger charge is 2.08. The maximum Gasteiger partial charge on any atom is 0.210 e. The molecule has 2 heterocycles. The number of hydrogen-bond donors (Lipinski definition) is 1. The first-order valence-corrected chi connectivity index (χ1v) is 9.70. The van der Waals surface area contributed by atoms with Gasteiger partial charge in [-0.2, -0.15) is 0 Å². The van der Waals surface area contributed by atoms with Crippen LogP contribution in [0.1, 0.15) is 11.1 Å². The Hall–Kier alpha value is -2.50. The van der Waals surface area contributed by atoms with Crippen LogP contribution in [0.3, 0.4) is 0 Å². The first-order valence-electron chi connectivity index (χ1n) is 8.00. The maximum absolute atomic E-state index is 4.30. The van der Waals surface area contributed by atoms with Gasteiger partial charge >= 0.3 is 0 Å². The zero-order chi connectivity index (χ0) is 17.2. The van der Waals surface area contributed by atoms with E-state index in [0.717, 1.165) is 21.4 Å². The number of benzene rings is 2. The number of rotatable bonds is 4. The van der Waals surface area contributed by atoms with Gasteiger partial charge in [0.1, 0.15) is 5.01 Å². The van der Waals surface area contributed by atoms with Crippen LogP contribution < -0.4 is 5.32 Å². The summed E-state index contributed by atoms with van der Waals surface area (Å²) in [5.74, 6) is 0. The molecule has 25 heavy (non-hydrogen) atoms. The molecule has 0 aliphatic heterocycles. The third-order valence-corrected chi connectivity index (χ3v) is 5.78. The average molecular weight is 364 g/mol. The Morgan fingerprint density at radius 1 is 0.800 bits per heavy atom. The summed E-state index contributed by atoms with van der Waals surface area (Å²) >= 11 is 3.29. The molecule has 0 fully saturated rings. The van der Waals surface area contributed by atoms with Crippen LogP contribution in [0.2, 0.25) is 0 Å². The fourth-order valence-corrected chi connectivity index (χ4v) is 4.10. The van der Waals surface area contributed by atoms with Gasteiger partial charge in [-0.05, 0) is 25.5 Å². The number of nitrogens with zero attached hydrogens (tertiary/aromatic N) is 2. The second kappa shape index (κ2) is 6.78. The van der Waals surface area contributed by atoms with Crippen LogP contribution >= 0.6 is 22.7 Å². The summed E-state index contributed by atoms with van der Waals surface area (Å²) in [6.45, 7) is 4.19. The highest BCUT2D eigenvalue weighted by atomic mass is 32.1. The monoisotopic (exact) mass is 363 g/mol. The number of thiophene rings is 1. The zero-order valence-corrected chi connectivity index (χ0v) is 15.6. The van der Waals surface area contributed by atoms with Gasteiger partial charge < -0.3 is 5.32 Å². The molecule has 1 N–H and O–H groups in total. The van der Waals surface area contributed by atoms with Gasteiger partial charge in [0.15, 0.2) is 0 Å². The van der Waals surface area contributed by atoms with Crippen molar-refractivity contribution in [3.8, 4) is 21.0 Å². The minimum Gasteiger partial charge on any atom is -0.329 e. The molecule has 0 saturated carbocycles. The predicted molar refractivity (Wildman–Crippen MR) is 108 cm³/mol. The molecular formula is C20H17N3S2. The largest absolute Gasteiger partial charge is 0.329 e. The molecule has 2 aromatic heterocycles. The van der Waals surface area contributed by atoms with Gasteiger partial charge in [0, 0.05) is 15.8 Å². The number of anilines is 2. The lowest BCUT2D eigenvalue weighted by Gasteiger charge is -1.98. The van der Waals surface area contributed by atoms with Crippen molar-refractivity contribution >= 4 is 33.5 Å². The first kappa shape index (κ1) is 16.0. The Morgan fingerprint density at radius 3 is 2.12 bits per heavy atom. The van der Waals surface area contributed by atoms with Crippen molar-refractivity contribution < 1.29 is 0 Å². The Kier molecular flexibility index (Phi) is 4.34. The van der Waals surface area contributed by atoms with E-state index in [1.165, 1.54) is 21.6 Å². The number of hydrogen-bond acceptors (Lipinski definition) is 5. The quantitative estimate of drug-likeness (QED) is 0.463. The Bertz CT molecular complexity index is 901. The lowest BCUT2D eigenvalue weighted by molar-refractivity contribution is 1.10. The van der Waals surface area contributed by atoms with Crippen LogP contribution in [0, 0.1) is 13.8 Å². The van der Waals surface area contributed by atoms with Crippen LogP contribution in [0.15, 0.2) is 60.0 Å². The molecule has 2 aromatic carbocycles. The molecule has 5 heteroatoms. The fraction of sp³-hybridized carbons (Fsp3) is 0.100. The fourth-order valence-electron chi connectivity index (χ4n) is 2.48. The van der Waals surface area contributed by atoms with E-state index in [9.17, 15) is 0 Å². The molecule has 0 bridgehead atoms. The number of nitrogens with one attached hydrogen (secondary N) is 1. The molecule has 0 saturated heterocycles. The van der Waals surface area contributed by atoms with Gasteiger partial charge in [-0.1, -0.05) is 71.0 Å². The van der Waals surface area contributed by atoms with E-state index in [2.05, 4.69) is 89.3 Å². The molecular weight excluding hydrogens is 346 g/mol. The summed E-state index contributed by atoms with van der Waals surface area (Å²) in [7, 11) is 0. The average Bonchev–Trinajstić information content (AvgIpc) is 3.27. The molecule has 0 aliphatic carbocycles. The Labute approximate surface area is 155 Å². The minimum atomic E-state index is 0.809. The predicted octanol–water partition coefficient (Wildman–Crippen LogP) is 6.29. The second-order valence-corrected chi connectivity index (χ2v) is 7.86. The normalized spacial score (nSPS) is 10.8. The first-order chi connectivity index (χ1) is 12.2. The van der Waals surface area contributed by atoms with Crippen LogP contribution in [-0.2, 0) is 0 Å². The third-order valence-electron chi connectivity index (χ3n) is 3.91. The molecule has 3 nitrogen and oxygen atoms in total. The van der Waals surface area contributed by atoms with Crippen molar-refractivity contribution in [2.45, 2.75) is 13.8 Å². The van der Waals surface area contributed by atoms with Crippen molar-refractivity contribution in [1.29, 1.82) is 0 Å². The molecule has 0 aliphatic rings. The summed E-state index contributed by atoms with van der Waals surface area (Å²) in [5.41, 5.74) is 5.90. The summed E-state index contributed by atoms with van der Waals surface area (Å²) in [5, 5.41) is 15.8. The minimum absolute atomic E-state index is 0.809. The molecule has 0 spiro atoms. The van der Waals surface area contributed by atoms with Gasteiger partial charge in [0.05, 0.1) is 5.69 Å². The van der Waals surface area contributed by atoms with Gasteiger partial charge in [-0.25, -0.2) is 0 Å². The van der Waals surface area contributed by atoms with Gasteiger partial charge in [0.25, 0.3) is 0 Å². The van der Waals surface area contributed by atoms with E-state index >= 15 is 0 Å². The topological polar surface area (TPSA) is 37.8 Å². The standard InChI is InChI=1S/C20H17N3S2/c1-13-3-7-15(8-4-13)18-11-17(12-24-18)21-20-23-22-19(25-20)16-9-5-14(2)6-10-16/h3-12H,1-2H3,(H,21,23). The van der Waals surface area contributed by atoms with E-state index in [0.29, 0.717) is 0 Å². The second-order valence-electron chi connectivity index (χ2n) is 5.97. The smallest absolute Gasteiger partial charge is 0.210 e. The Morgan fingerprint density at radius 2 is 1.44 bits per heavy atom. The summed E-state index contributed by atoms with van der Waals surface area (Å²) in [6.07, 6.45) is 0. The van der Waals surface area contributed by atoms with Crippen LogP contribution in [-0.4, -0.2) is 10.2 Å². The summed E-state index contributed by atoms with van der Waals surface area (Å²) in [6, 6.07) is 19.1. The number of aromatic nitrogens is 2. The lowest BCUT2D eigenvalue weighted by atomic mass is 10.1. The summed E-state index contributed by atoms with van der Waals surface area (Å²) in [4.78, 5) is 1.24. The van der Waals surface area contributed by atoms with E-state index in [1.807, 2.05) is 0 Å². The molecule has 4 aromatic rings. The van der Waals surface area contributed by atoms with E-state index in [4.69, 9.17) is 0 Å². The van der Waals surface area contributed by atoms with Crippen molar-refractivity contribution in [3.05, 3.63) is 71.1 Å². The lowest BCUT2D eigenvalue weighted by Crippen LogP contribution is -1.86. The summed E-state index contributed by atoms with van der Waals surface area (Å²) < 4.78 is 0. The molecule has 0 unspecified atom stereocenters. The molecule has 124 valence electrons. The zero-order valence-electron chi connectivity index (χ0n) is 14.0. The van der Waals surface area contributed by atoms with E-state index in [-0.39, 0.29) is 0 Å². The SMILES string of the molecule is Cc1ccc(-c2cc(Nc3nnc(-c4ccc(C)cc4)s3)cs2)cc1. The van der Waals surface area contributed by atoms with Gasteiger partial charge in [-0.15, -0.1) is 21.5 Å². The van der Waals surface area contributed by atoms with Crippen LogP contribution in [0.5, 0.6) is 0 Å². The highest BCUT2D eigenvalue weighted by Crippen LogP contribution is 2.33. The molecule has 0 amide bonds. The maximum atomic E-state index is 4.30. The van der Waals surface area contributed by atoms with E-state index in [1.54, 1.807) is 22.7 Å². The Balaban J connectivity index is 1.51. The van der Waals surface area contributed by atoms with Crippen molar-refractivity contribution in [3.63, 3.8) is 0 Å². The van der Waals surface area contributed by atoms with Crippen molar-refractivity contribution in [2.75, 3.05) is 5.32 Å². The number of aryl methyl sites for hydroxylation is 2. The van der Waals surface area contributed by atoms with Gasteiger partial charge in [0.2, 0.25) is 5.13 Å².